The van der Waals surface area contributed by atoms with Crippen LogP contribution in [-0.2, 0) is 0 Å². The summed E-state index contributed by atoms with van der Waals surface area (Å²) in [6.07, 6.45) is 3.47. The van der Waals surface area contributed by atoms with E-state index in [2.05, 4.69) is 19.9 Å². The summed E-state index contributed by atoms with van der Waals surface area (Å²) < 4.78 is 0. The van der Waals surface area contributed by atoms with Gasteiger partial charge >= 0.3 is 0 Å². The average molecular weight is 351 g/mol. The molecule has 2 aromatic heterocycles. The summed E-state index contributed by atoms with van der Waals surface area (Å²) in [6, 6.07) is 11.7. The smallest absolute Gasteiger partial charge is 0.274 e. The van der Waals surface area contributed by atoms with Crippen molar-refractivity contribution >= 4 is 23.2 Å². The largest absolute Gasteiger partial charge is 0.337 e. The minimum absolute atomic E-state index is 0.00580. The molecular formula is C18H17N5OS. The fourth-order valence-electron chi connectivity index (χ4n) is 2.91. The monoisotopic (exact) mass is 351 g/mol. The van der Waals surface area contributed by atoms with Gasteiger partial charge in [-0.2, -0.15) is 0 Å². The minimum atomic E-state index is -0.00580. The second kappa shape index (κ2) is 6.98. The Kier molecular flexibility index (Phi) is 4.39. The van der Waals surface area contributed by atoms with Crippen molar-refractivity contribution in [3.05, 3.63) is 60.0 Å². The molecule has 1 aromatic carbocycles. The lowest BCUT2D eigenvalue weighted by Gasteiger charge is -2.34. The third kappa shape index (κ3) is 3.23. The van der Waals surface area contributed by atoms with Crippen LogP contribution in [0.25, 0.3) is 10.4 Å². The van der Waals surface area contributed by atoms with E-state index >= 15 is 0 Å². The molecule has 1 fully saturated rings. The molecular weight excluding hydrogens is 334 g/mol. The highest BCUT2D eigenvalue weighted by molar-refractivity contribution is 7.13. The van der Waals surface area contributed by atoms with Crippen LogP contribution >= 0.6 is 11.3 Å². The SMILES string of the molecule is O=C(c1ncsc1-c1ccccc1)N1CCN(c2ncccn2)CC1. The molecule has 0 spiro atoms. The molecule has 1 aliphatic rings. The average Bonchev–Trinajstić information content (AvgIpc) is 3.19. The summed E-state index contributed by atoms with van der Waals surface area (Å²) in [4.78, 5) is 30.7. The number of carbonyl (C=O) groups is 1. The normalized spacial score (nSPS) is 14.6. The second-order valence-electron chi connectivity index (χ2n) is 5.72. The molecule has 1 amide bonds. The second-order valence-corrected chi connectivity index (χ2v) is 6.58. The molecule has 1 aliphatic heterocycles. The zero-order chi connectivity index (χ0) is 17.1. The molecule has 3 heterocycles. The predicted molar refractivity (Wildman–Crippen MR) is 97.7 cm³/mol. The first-order valence-corrected chi connectivity index (χ1v) is 9.01. The van der Waals surface area contributed by atoms with Gasteiger partial charge in [-0.15, -0.1) is 11.3 Å². The van der Waals surface area contributed by atoms with Gasteiger partial charge < -0.3 is 9.80 Å². The van der Waals surface area contributed by atoms with Gasteiger partial charge in [0.1, 0.15) is 5.69 Å². The van der Waals surface area contributed by atoms with Gasteiger partial charge in [-0.25, -0.2) is 15.0 Å². The van der Waals surface area contributed by atoms with Crippen molar-refractivity contribution in [3.63, 3.8) is 0 Å². The number of piperazine rings is 1. The predicted octanol–water partition coefficient (Wildman–Crippen LogP) is 2.56. The quantitative estimate of drug-likeness (QED) is 0.726. The van der Waals surface area contributed by atoms with E-state index in [1.54, 1.807) is 24.0 Å². The first kappa shape index (κ1) is 15.7. The highest BCUT2D eigenvalue weighted by atomic mass is 32.1. The van der Waals surface area contributed by atoms with E-state index in [0.29, 0.717) is 24.7 Å². The molecule has 7 heteroatoms. The lowest BCUT2D eigenvalue weighted by atomic mass is 10.1. The van der Waals surface area contributed by atoms with E-state index in [-0.39, 0.29) is 5.91 Å². The van der Waals surface area contributed by atoms with Crippen molar-refractivity contribution in [2.75, 3.05) is 31.1 Å². The Morgan fingerprint density at radius 1 is 0.920 bits per heavy atom. The van der Waals surface area contributed by atoms with Crippen LogP contribution in [0.5, 0.6) is 0 Å². The Morgan fingerprint density at radius 3 is 2.36 bits per heavy atom. The number of hydrogen-bond donors (Lipinski definition) is 0. The number of anilines is 1. The molecule has 0 atom stereocenters. The summed E-state index contributed by atoms with van der Waals surface area (Å²) in [5.41, 5.74) is 3.31. The molecule has 0 saturated carbocycles. The van der Waals surface area contributed by atoms with Crippen molar-refractivity contribution in [2.24, 2.45) is 0 Å². The van der Waals surface area contributed by atoms with Gasteiger partial charge in [0.05, 0.1) is 10.4 Å². The van der Waals surface area contributed by atoms with Gasteiger partial charge in [0.15, 0.2) is 0 Å². The van der Waals surface area contributed by atoms with Gasteiger partial charge in [-0.3, -0.25) is 4.79 Å². The highest BCUT2D eigenvalue weighted by Crippen LogP contribution is 2.28. The van der Waals surface area contributed by atoms with Crippen molar-refractivity contribution in [1.29, 1.82) is 0 Å². The molecule has 0 bridgehead atoms. The maximum Gasteiger partial charge on any atom is 0.274 e. The van der Waals surface area contributed by atoms with E-state index in [1.165, 1.54) is 11.3 Å². The van der Waals surface area contributed by atoms with Crippen molar-refractivity contribution in [2.45, 2.75) is 0 Å². The van der Waals surface area contributed by atoms with Crippen LogP contribution in [0.3, 0.4) is 0 Å². The Balaban J connectivity index is 1.48. The molecule has 3 aromatic rings. The van der Waals surface area contributed by atoms with E-state index < -0.39 is 0 Å². The molecule has 0 N–H and O–H groups in total. The van der Waals surface area contributed by atoms with Gasteiger partial charge in [0.25, 0.3) is 5.91 Å². The van der Waals surface area contributed by atoms with E-state index in [0.717, 1.165) is 23.5 Å². The maximum atomic E-state index is 12.9. The van der Waals surface area contributed by atoms with Gasteiger partial charge in [-0.1, -0.05) is 30.3 Å². The van der Waals surface area contributed by atoms with Crippen LogP contribution in [0, 0.1) is 0 Å². The number of aromatic nitrogens is 3. The number of benzene rings is 1. The van der Waals surface area contributed by atoms with Crippen LogP contribution in [0.15, 0.2) is 54.3 Å². The van der Waals surface area contributed by atoms with Crippen LogP contribution in [0.2, 0.25) is 0 Å². The molecule has 4 rings (SSSR count). The summed E-state index contributed by atoms with van der Waals surface area (Å²) >= 11 is 1.50. The third-order valence-electron chi connectivity index (χ3n) is 4.21. The third-order valence-corrected chi connectivity index (χ3v) is 5.08. The number of amides is 1. The lowest BCUT2D eigenvalue weighted by molar-refractivity contribution is 0.0742. The van der Waals surface area contributed by atoms with Crippen LogP contribution < -0.4 is 4.90 Å². The van der Waals surface area contributed by atoms with E-state index in [9.17, 15) is 4.79 Å². The molecule has 126 valence electrons. The summed E-state index contributed by atoms with van der Waals surface area (Å²) in [5.74, 6) is 0.710. The number of hydrogen-bond acceptors (Lipinski definition) is 6. The molecule has 0 aliphatic carbocycles. The Bertz CT molecular complexity index is 844. The zero-order valence-electron chi connectivity index (χ0n) is 13.6. The Hall–Kier alpha value is -2.80. The summed E-state index contributed by atoms with van der Waals surface area (Å²) in [5, 5.41) is 0. The van der Waals surface area contributed by atoms with Gasteiger partial charge in [0, 0.05) is 38.6 Å². The van der Waals surface area contributed by atoms with Gasteiger partial charge in [0.2, 0.25) is 5.95 Å². The Morgan fingerprint density at radius 2 is 1.64 bits per heavy atom. The lowest BCUT2D eigenvalue weighted by Crippen LogP contribution is -2.49. The van der Waals surface area contributed by atoms with Crippen LogP contribution in [-0.4, -0.2) is 51.9 Å². The van der Waals surface area contributed by atoms with Crippen LogP contribution in [0.4, 0.5) is 5.95 Å². The highest BCUT2D eigenvalue weighted by Gasteiger charge is 2.26. The Labute approximate surface area is 149 Å². The van der Waals surface area contributed by atoms with E-state index in [4.69, 9.17) is 0 Å². The number of rotatable bonds is 3. The van der Waals surface area contributed by atoms with Crippen molar-refractivity contribution in [1.82, 2.24) is 19.9 Å². The fourth-order valence-corrected chi connectivity index (χ4v) is 3.69. The van der Waals surface area contributed by atoms with Crippen molar-refractivity contribution < 1.29 is 4.79 Å². The molecule has 25 heavy (non-hydrogen) atoms. The summed E-state index contributed by atoms with van der Waals surface area (Å²) in [7, 11) is 0. The number of nitrogens with zero attached hydrogens (tertiary/aromatic N) is 5. The molecule has 0 unspecified atom stereocenters. The molecule has 0 radical (unpaired) electrons. The topological polar surface area (TPSA) is 62.2 Å². The molecule has 1 saturated heterocycles. The standard InChI is InChI=1S/C18H17N5OS/c24-17(15-16(25-13-21-15)14-5-2-1-3-6-14)22-9-11-23(12-10-22)18-19-7-4-8-20-18/h1-8,13H,9-12H2. The zero-order valence-corrected chi connectivity index (χ0v) is 14.4. The molecule has 6 nitrogen and oxygen atoms in total. The fraction of sp³-hybridized carbons (Fsp3) is 0.222. The number of thiazole rings is 1. The summed E-state index contributed by atoms with van der Waals surface area (Å²) in [6.45, 7) is 2.73. The first-order valence-electron chi connectivity index (χ1n) is 8.13. The van der Waals surface area contributed by atoms with Crippen LogP contribution in [0.1, 0.15) is 10.5 Å². The van der Waals surface area contributed by atoms with E-state index in [1.807, 2.05) is 35.2 Å². The number of carbonyl (C=O) groups excluding carboxylic acids is 1. The minimum Gasteiger partial charge on any atom is -0.337 e. The van der Waals surface area contributed by atoms with Crippen molar-refractivity contribution in [3.8, 4) is 10.4 Å². The van der Waals surface area contributed by atoms with Gasteiger partial charge in [-0.05, 0) is 11.6 Å². The first-order chi connectivity index (χ1) is 12.3. The maximum absolute atomic E-state index is 12.9.